The van der Waals surface area contributed by atoms with Crippen LogP contribution in [-0.4, -0.2) is 17.7 Å². The van der Waals surface area contributed by atoms with Gasteiger partial charge in [0, 0.05) is 22.8 Å². The van der Waals surface area contributed by atoms with Crippen molar-refractivity contribution in [3.63, 3.8) is 0 Å². The van der Waals surface area contributed by atoms with E-state index in [0.717, 1.165) is 10.1 Å². The Morgan fingerprint density at radius 2 is 2.12 bits per heavy atom. The third-order valence-corrected chi connectivity index (χ3v) is 2.96. The lowest BCUT2D eigenvalue weighted by Gasteiger charge is -2.08. The van der Waals surface area contributed by atoms with Gasteiger partial charge >= 0.3 is 6.18 Å². The van der Waals surface area contributed by atoms with Crippen LogP contribution in [0.2, 0.25) is 0 Å². The van der Waals surface area contributed by atoms with Crippen molar-refractivity contribution in [2.24, 2.45) is 0 Å². The minimum Gasteiger partial charge on any atom is -0.369 e. The molecule has 2 nitrogen and oxygen atoms in total. The Bertz CT molecular complexity index is 478. The van der Waals surface area contributed by atoms with Gasteiger partial charge in [0.25, 0.3) is 0 Å². The maximum Gasteiger partial charge on any atom is 0.390 e. The third-order valence-electron chi connectivity index (χ3n) is 2.08. The molecule has 6 heteroatoms. The summed E-state index contributed by atoms with van der Waals surface area (Å²) < 4.78 is 36.9. The molecule has 2 aromatic rings. The molecule has 0 aliphatic carbocycles. The summed E-state index contributed by atoms with van der Waals surface area (Å²) in [6.07, 6.45) is -3.39. The molecule has 16 heavy (non-hydrogen) atoms. The van der Waals surface area contributed by atoms with Crippen molar-refractivity contribution in [3.05, 3.63) is 23.7 Å². The van der Waals surface area contributed by atoms with Crippen molar-refractivity contribution < 1.29 is 13.2 Å². The summed E-state index contributed by atoms with van der Waals surface area (Å²) in [4.78, 5) is 4.03. The number of halogens is 3. The van der Waals surface area contributed by atoms with Gasteiger partial charge in [-0.05, 0) is 17.5 Å². The number of thiophene rings is 1. The normalized spacial score (nSPS) is 11.9. The predicted octanol–water partition coefficient (Wildman–Crippen LogP) is 3.66. The number of nitrogens with zero attached hydrogens (tertiary/aromatic N) is 1. The number of rotatable bonds is 3. The molecule has 0 aliphatic heterocycles. The zero-order chi connectivity index (χ0) is 11.6. The number of anilines is 1. The highest BCUT2D eigenvalue weighted by Crippen LogP contribution is 2.26. The van der Waals surface area contributed by atoms with Gasteiger partial charge in [-0.15, -0.1) is 11.3 Å². The summed E-state index contributed by atoms with van der Waals surface area (Å²) in [6.45, 7) is -0.147. The summed E-state index contributed by atoms with van der Waals surface area (Å²) >= 11 is 1.54. The Balaban J connectivity index is 2.07. The monoisotopic (exact) mass is 246 g/mol. The van der Waals surface area contributed by atoms with Crippen molar-refractivity contribution in [1.82, 2.24) is 4.98 Å². The smallest absolute Gasteiger partial charge is 0.369 e. The quantitative estimate of drug-likeness (QED) is 0.894. The van der Waals surface area contributed by atoms with Crippen molar-refractivity contribution in [2.45, 2.75) is 12.6 Å². The van der Waals surface area contributed by atoms with Crippen LogP contribution in [0.1, 0.15) is 6.42 Å². The molecule has 0 radical (unpaired) electrons. The maximum atomic E-state index is 12.0. The molecule has 0 amide bonds. The molecule has 0 aliphatic rings. The Kier molecular flexibility index (Phi) is 3.00. The average molecular weight is 246 g/mol. The molecule has 2 aromatic heterocycles. The van der Waals surface area contributed by atoms with Crippen LogP contribution in [0.4, 0.5) is 19.0 Å². The SMILES string of the molecule is FC(F)(F)CCNc1nccc2sccc12. The van der Waals surface area contributed by atoms with Gasteiger partial charge in [0.1, 0.15) is 5.82 Å². The largest absolute Gasteiger partial charge is 0.390 e. The zero-order valence-corrected chi connectivity index (χ0v) is 9.03. The molecule has 0 spiro atoms. The highest BCUT2D eigenvalue weighted by molar-refractivity contribution is 7.17. The number of hydrogen-bond acceptors (Lipinski definition) is 3. The lowest BCUT2D eigenvalue weighted by molar-refractivity contribution is -0.131. The molecule has 0 atom stereocenters. The van der Waals surface area contributed by atoms with E-state index in [1.54, 1.807) is 6.20 Å². The Labute approximate surface area is 94.1 Å². The van der Waals surface area contributed by atoms with E-state index in [0.29, 0.717) is 5.82 Å². The van der Waals surface area contributed by atoms with Gasteiger partial charge in [-0.2, -0.15) is 13.2 Å². The first kappa shape index (κ1) is 11.2. The summed E-state index contributed by atoms with van der Waals surface area (Å²) in [5.41, 5.74) is 0. The van der Waals surface area contributed by atoms with E-state index >= 15 is 0 Å². The standard InChI is InChI=1S/C10H9F3N2S/c11-10(12,13)3-5-15-9-7-2-6-16-8(7)1-4-14-9/h1-2,4,6H,3,5H2,(H,14,15). The van der Waals surface area contributed by atoms with E-state index in [1.165, 1.54) is 11.3 Å². The molecule has 0 bridgehead atoms. The fourth-order valence-corrected chi connectivity index (χ4v) is 2.14. The van der Waals surface area contributed by atoms with Crippen LogP contribution < -0.4 is 5.32 Å². The fourth-order valence-electron chi connectivity index (χ4n) is 1.36. The van der Waals surface area contributed by atoms with Gasteiger partial charge in [0.05, 0.1) is 6.42 Å². The molecule has 0 unspecified atom stereocenters. The number of fused-ring (bicyclic) bond motifs is 1. The highest BCUT2D eigenvalue weighted by Gasteiger charge is 2.26. The van der Waals surface area contributed by atoms with Crippen LogP contribution in [0.25, 0.3) is 10.1 Å². The number of aromatic nitrogens is 1. The van der Waals surface area contributed by atoms with Crippen LogP contribution in [-0.2, 0) is 0 Å². The van der Waals surface area contributed by atoms with Crippen LogP contribution in [0, 0.1) is 0 Å². The van der Waals surface area contributed by atoms with Crippen molar-refractivity contribution in [2.75, 3.05) is 11.9 Å². The molecule has 2 rings (SSSR count). The molecule has 0 saturated heterocycles. The third kappa shape index (κ3) is 2.63. The van der Waals surface area contributed by atoms with E-state index in [2.05, 4.69) is 10.3 Å². The number of alkyl halides is 3. The first-order valence-electron chi connectivity index (χ1n) is 4.69. The average Bonchev–Trinajstić information content (AvgIpc) is 2.64. The second kappa shape index (κ2) is 4.29. The van der Waals surface area contributed by atoms with Crippen LogP contribution in [0.15, 0.2) is 23.7 Å². The van der Waals surface area contributed by atoms with Gasteiger partial charge in [-0.25, -0.2) is 4.98 Å². The minimum absolute atomic E-state index is 0.147. The molecular weight excluding hydrogens is 237 g/mol. The Morgan fingerprint density at radius 1 is 1.31 bits per heavy atom. The molecule has 1 N–H and O–H groups in total. The van der Waals surface area contributed by atoms with Crippen LogP contribution in [0.3, 0.4) is 0 Å². The summed E-state index contributed by atoms with van der Waals surface area (Å²) in [5, 5.41) is 5.47. The summed E-state index contributed by atoms with van der Waals surface area (Å²) in [7, 11) is 0. The lowest BCUT2D eigenvalue weighted by Crippen LogP contribution is -2.15. The van der Waals surface area contributed by atoms with Crippen LogP contribution >= 0.6 is 11.3 Å². The molecule has 0 fully saturated rings. The fraction of sp³-hybridized carbons (Fsp3) is 0.300. The molecule has 2 heterocycles. The van der Waals surface area contributed by atoms with Gasteiger partial charge in [0.15, 0.2) is 0 Å². The number of nitrogens with one attached hydrogen (secondary N) is 1. The van der Waals surface area contributed by atoms with Crippen molar-refractivity contribution in [1.29, 1.82) is 0 Å². The lowest BCUT2D eigenvalue weighted by atomic mass is 10.3. The van der Waals surface area contributed by atoms with Gasteiger partial charge in [-0.1, -0.05) is 0 Å². The maximum absolute atomic E-state index is 12.0. The molecule has 0 saturated carbocycles. The number of pyridine rings is 1. The minimum atomic E-state index is -4.13. The molecule has 86 valence electrons. The molecular formula is C10H9F3N2S. The van der Waals surface area contributed by atoms with Gasteiger partial charge in [0.2, 0.25) is 0 Å². The van der Waals surface area contributed by atoms with E-state index < -0.39 is 12.6 Å². The van der Waals surface area contributed by atoms with Crippen molar-refractivity contribution in [3.8, 4) is 0 Å². The van der Waals surface area contributed by atoms with E-state index in [9.17, 15) is 13.2 Å². The van der Waals surface area contributed by atoms with Gasteiger partial charge in [-0.3, -0.25) is 0 Å². The van der Waals surface area contributed by atoms with Crippen molar-refractivity contribution >= 4 is 27.2 Å². The van der Waals surface area contributed by atoms with Crippen LogP contribution in [0.5, 0.6) is 0 Å². The van der Waals surface area contributed by atoms with E-state index in [4.69, 9.17) is 0 Å². The summed E-state index contributed by atoms with van der Waals surface area (Å²) in [6, 6.07) is 3.69. The predicted molar refractivity (Wildman–Crippen MR) is 58.8 cm³/mol. The highest BCUT2D eigenvalue weighted by atomic mass is 32.1. The zero-order valence-electron chi connectivity index (χ0n) is 8.21. The Morgan fingerprint density at radius 3 is 2.88 bits per heavy atom. The Hall–Kier alpha value is -1.30. The topological polar surface area (TPSA) is 24.9 Å². The first-order valence-corrected chi connectivity index (χ1v) is 5.57. The van der Waals surface area contributed by atoms with E-state index in [1.807, 2.05) is 17.5 Å². The second-order valence-corrected chi connectivity index (χ2v) is 4.23. The second-order valence-electron chi connectivity index (χ2n) is 3.28. The number of hydrogen-bond donors (Lipinski definition) is 1. The van der Waals surface area contributed by atoms with E-state index in [-0.39, 0.29) is 6.54 Å². The first-order chi connectivity index (χ1) is 7.56. The van der Waals surface area contributed by atoms with Gasteiger partial charge < -0.3 is 5.32 Å². The molecule has 0 aromatic carbocycles. The summed E-state index contributed by atoms with van der Waals surface area (Å²) in [5.74, 6) is 0.517.